The lowest BCUT2D eigenvalue weighted by Gasteiger charge is -2.19. The second-order valence-corrected chi connectivity index (χ2v) is 6.87. The Morgan fingerprint density at radius 2 is 2.12 bits per heavy atom. The summed E-state index contributed by atoms with van der Waals surface area (Å²) in [5.74, 6) is 0.549. The van der Waals surface area contributed by atoms with Gasteiger partial charge < -0.3 is 20.6 Å². The molecule has 1 aromatic rings. The topological polar surface area (TPSA) is 64.6 Å². The molecule has 0 spiro atoms. The van der Waals surface area contributed by atoms with Gasteiger partial charge in [-0.3, -0.25) is 0 Å². The predicted molar refractivity (Wildman–Crippen MR) is 96.9 cm³/mol. The van der Waals surface area contributed by atoms with Crippen LogP contribution in [0.5, 0.6) is 0 Å². The summed E-state index contributed by atoms with van der Waals surface area (Å²) in [6.45, 7) is 8.21. The minimum absolute atomic E-state index is 0.0830. The molecule has 5 nitrogen and oxygen atoms in total. The number of aliphatic hydroxyl groups excluding tert-OH is 1. The maximum absolute atomic E-state index is 12.0. The highest BCUT2D eigenvalue weighted by molar-refractivity contribution is 5.74. The third kappa shape index (κ3) is 6.13. The zero-order valence-corrected chi connectivity index (χ0v) is 14.9. The summed E-state index contributed by atoms with van der Waals surface area (Å²) in [5.41, 5.74) is 0.883. The number of nitrogens with one attached hydrogen (secondary N) is 2. The third-order valence-corrected chi connectivity index (χ3v) is 4.60. The van der Waals surface area contributed by atoms with Crippen molar-refractivity contribution in [3.8, 4) is 0 Å². The Kier molecular flexibility index (Phi) is 7.53. The molecule has 134 valence electrons. The van der Waals surface area contributed by atoms with Crippen LogP contribution in [0.25, 0.3) is 0 Å². The van der Waals surface area contributed by atoms with Crippen LogP contribution in [0, 0.1) is 5.92 Å². The van der Waals surface area contributed by atoms with Gasteiger partial charge in [0.1, 0.15) is 0 Å². The number of rotatable bonds is 8. The Hall–Kier alpha value is -1.59. The first-order valence-corrected chi connectivity index (χ1v) is 9.08. The van der Waals surface area contributed by atoms with E-state index in [2.05, 4.69) is 22.5 Å². The molecule has 1 aromatic carbocycles. The minimum Gasteiger partial charge on any atom is -0.388 e. The first-order valence-electron chi connectivity index (χ1n) is 9.08. The standard InChI is InChI=1S/C19H31N3O2/c1-3-10-22-11-9-16(14-22)13-20-19(24)21-15(2)12-18(23)17-7-5-4-6-8-17/h4-8,15-16,18,23H,3,9-14H2,1-2H3,(H2,20,21,24). The van der Waals surface area contributed by atoms with Crippen LogP contribution in [-0.2, 0) is 0 Å². The van der Waals surface area contributed by atoms with E-state index in [0.717, 1.165) is 38.2 Å². The Bertz CT molecular complexity index is 495. The number of hydrogen-bond donors (Lipinski definition) is 3. The number of carbonyl (C=O) groups excluding carboxylic acids is 1. The number of carbonyl (C=O) groups is 1. The molecule has 1 saturated heterocycles. The molecule has 0 bridgehead atoms. The van der Waals surface area contributed by atoms with Crippen molar-refractivity contribution in [1.82, 2.24) is 15.5 Å². The molecule has 2 rings (SSSR count). The summed E-state index contributed by atoms with van der Waals surface area (Å²) in [4.78, 5) is 14.5. The van der Waals surface area contributed by atoms with Crippen molar-refractivity contribution in [2.24, 2.45) is 5.92 Å². The average Bonchev–Trinajstić information content (AvgIpc) is 3.01. The fourth-order valence-electron chi connectivity index (χ4n) is 3.32. The Balaban J connectivity index is 1.65. The van der Waals surface area contributed by atoms with Crippen molar-refractivity contribution in [3.05, 3.63) is 35.9 Å². The maximum Gasteiger partial charge on any atom is 0.315 e. The van der Waals surface area contributed by atoms with Gasteiger partial charge in [-0.05, 0) is 50.8 Å². The van der Waals surface area contributed by atoms with Gasteiger partial charge in [0.15, 0.2) is 0 Å². The lowest BCUT2D eigenvalue weighted by Crippen LogP contribution is -2.43. The average molecular weight is 333 g/mol. The fourth-order valence-corrected chi connectivity index (χ4v) is 3.32. The van der Waals surface area contributed by atoms with Crippen LogP contribution in [0.1, 0.15) is 44.8 Å². The monoisotopic (exact) mass is 333 g/mol. The van der Waals surface area contributed by atoms with Crippen molar-refractivity contribution in [1.29, 1.82) is 0 Å². The van der Waals surface area contributed by atoms with Crippen LogP contribution in [0.15, 0.2) is 30.3 Å². The predicted octanol–water partition coefficient (Wildman–Crippen LogP) is 2.53. The molecular weight excluding hydrogens is 302 g/mol. The van der Waals surface area contributed by atoms with E-state index in [4.69, 9.17) is 0 Å². The first-order chi connectivity index (χ1) is 11.6. The summed E-state index contributed by atoms with van der Waals surface area (Å²) < 4.78 is 0. The van der Waals surface area contributed by atoms with Gasteiger partial charge in [-0.25, -0.2) is 4.79 Å². The lowest BCUT2D eigenvalue weighted by atomic mass is 10.0. The largest absolute Gasteiger partial charge is 0.388 e. The highest BCUT2D eigenvalue weighted by Crippen LogP contribution is 2.18. The summed E-state index contributed by atoms with van der Waals surface area (Å²) in [6.07, 6.45) is 2.29. The number of hydrogen-bond acceptors (Lipinski definition) is 3. The molecule has 24 heavy (non-hydrogen) atoms. The molecule has 3 N–H and O–H groups in total. The fraction of sp³-hybridized carbons (Fsp3) is 0.632. The quantitative estimate of drug-likeness (QED) is 0.685. The van der Waals surface area contributed by atoms with Gasteiger partial charge >= 0.3 is 6.03 Å². The van der Waals surface area contributed by atoms with E-state index in [1.807, 2.05) is 37.3 Å². The molecule has 1 heterocycles. The van der Waals surface area contributed by atoms with Crippen LogP contribution in [0.3, 0.4) is 0 Å². The normalized spacial score (nSPS) is 20.5. The molecule has 1 aliphatic rings. The van der Waals surface area contributed by atoms with Crippen LogP contribution < -0.4 is 10.6 Å². The summed E-state index contributed by atoms with van der Waals surface area (Å²) in [6, 6.07) is 9.33. The smallest absolute Gasteiger partial charge is 0.315 e. The molecule has 3 unspecified atom stereocenters. The molecule has 3 atom stereocenters. The number of amides is 2. The van der Waals surface area contributed by atoms with Crippen molar-refractivity contribution >= 4 is 6.03 Å². The van der Waals surface area contributed by atoms with Crippen molar-refractivity contribution < 1.29 is 9.90 Å². The lowest BCUT2D eigenvalue weighted by molar-refractivity contribution is 0.154. The third-order valence-electron chi connectivity index (χ3n) is 4.60. The van der Waals surface area contributed by atoms with E-state index in [0.29, 0.717) is 12.3 Å². The summed E-state index contributed by atoms with van der Waals surface area (Å²) in [7, 11) is 0. The number of urea groups is 1. The van der Waals surface area contributed by atoms with Gasteiger partial charge in [-0.2, -0.15) is 0 Å². The highest BCUT2D eigenvalue weighted by Gasteiger charge is 2.22. The molecule has 0 aliphatic carbocycles. The van der Waals surface area contributed by atoms with Crippen molar-refractivity contribution in [2.75, 3.05) is 26.2 Å². The summed E-state index contributed by atoms with van der Waals surface area (Å²) in [5, 5.41) is 16.1. The SMILES string of the molecule is CCCN1CCC(CNC(=O)NC(C)CC(O)c2ccccc2)C1. The van der Waals surface area contributed by atoms with E-state index in [1.54, 1.807) is 0 Å². The Labute approximate surface area is 145 Å². The van der Waals surface area contributed by atoms with Crippen LogP contribution in [0.2, 0.25) is 0 Å². The van der Waals surface area contributed by atoms with Gasteiger partial charge in [-0.1, -0.05) is 37.3 Å². The van der Waals surface area contributed by atoms with Gasteiger partial charge in [0, 0.05) is 19.1 Å². The van der Waals surface area contributed by atoms with Crippen LogP contribution in [0.4, 0.5) is 4.79 Å². The number of aliphatic hydroxyl groups is 1. The second-order valence-electron chi connectivity index (χ2n) is 6.87. The van der Waals surface area contributed by atoms with Crippen LogP contribution >= 0.6 is 0 Å². The molecule has 5 heteroatoms. The number of nitrogens with zero attached hydrogens (tertiary/aromatic N) is 1. The van der Waals surface area contributed by atoms with Crippen molar-refractivity contribution in [3.63, 3.8) is 0 Å². The molecule has 0 saturated carbocycles. The molecule has 1 fully saturated rings. The molecular formula is C19H31N3O2. The van der Waals surface area contributed by atoms with Gasteiger partial charge in [0.2, 0.25) is 0 Å². The summed E-state index contributed by atoms with van der Waals surface area (Å²) >= 11 is 0. The zero-order chi connectivity index (χ0) is 17.4. The number of likely N-dealkylation sites (tertiary alicyclic amines) is 1. The van der Waals surface area contributed by atoms with Crippen LogP contribution in [-0.4, -0.2) is 48.3 Å². The molecule has 0 aromatic heterocycles. The second kappa shape index (κ2) is 9.64. The van der Waals surface area contributed by atoms with Crippen molar-refractivity contribution in [2.45, 2.75) is 45.3 Å². The first kappa shape index (κ1) is 18.7. The molecule has 0 radical (unpaired) electrons. The zero-order valence-electron chi connectivity index (χ0n) is 14.9. The van der Waals surface area contributed by atoms with E-state index < -0.39 is 6.10 Å². The van der Waals surface area contributed by atoms with E-state index in [1.165, 1.54) is 6.42 Å². The van der Waals surface area contributed by atoms with E-state index in [-0.39, 0.29) is 12.1 Å². The highest BCUT2D eigenvalue weighted by atomic mass is 16.3. The number of benzene rings is 1. The van der Waals surface area contributed by atoms with Gasteiger partial charge in [0.25, 0.3) is 0 Å². The molecule has 2 amide bonds. The minimum atomic E-state index is -0.557. The van der Waals surface area contributed by atoms with Gasteiger partial charge in [-0.15, -0.1) is 0 Å². The van der Waals surface area contributed by atoms with E-state index >= 15 is 0 Å². The Morgan fingerprint density at radius 1 is 1.38 bits per heavy atom. The van der Waals surface area contributed by atoms with E-state index in [9.17, 15) is 9.90 Å². The van der Waals surface area contributed by atoms with Gasteiger partial charge in [0.05, 0.1) is 6.10 Å². The maximum atomic E-state index is 12.0. The Morgan fingerprint density at radius 3 is 2.83 bits per heavy atom. The molecule has 1 aliphatic heterocycles.